The number of carbonyl (C=O) groups excluding carboxylic acids is 1. The molecular weight excluding hydrogens is 266 g/mol. The molecule has 2 aromatic heterocycles. The van der Waals surface area contributed by atoms with Crippen LogP contribution in [0.3, 0.4) is 0 Å². The van der Waals surface area contributed by atoms with Crippen LogP contribution in [0.1, 0.15) is 16.1 Å². The summed E-state index contributed by atoms with van der Waals surface area (Å²) in [5, 5.41) is 18.5. The zero-order chi connectivity index (χ0) is 14.5. The molecule has 9 heteroatoms. The first kappa shape index (κ1) is 13.5. The number of carboxylic acids is 1. The number of nitrogens with zero attached hydrogens (tertiary/aromatic N) is 3. The average Bonchev–Trinajstić information content (AvgIpc) is 2.82. The number of pyridine rings is 1. The number of hydrogen-bond donors (Lipinski definition) is 3. The second-order valence-corrected chi connectivity index (χ2v) is 3.93. The number of aromatic amines is 1. The third-order valence-electron chi connectivity index (χ3n) is 2.35. The molecule has 104 valence electrons. The number of hydrogen-bond acceptors (Lipinski definition) is 5. The molecule has 3 N–H and O–H groups in total. The molecule has 2 heterocycles. The minimum Gasteiger partial charge on any atom is -0.480 e. The van der Waals surface area contributed by atoms with Gasteiger partial charge in [0, 0.05) is 17.8 Å². The van der Waals surface area contributed by atoms with Crippen molar-refractivity contribution in [3.05, 3.63) is 46.1 Å². The molecule has 1 amide bonds. The van der Waals surface area contributed by atoms with Gasteiger partial charge in [-0.2, -0.15) is 0 Å². The van der Waals surface area contributed by atoms with Crippen LogP contribution in [-0.4, -0.2) is 37.0 Å². The summed E-state index contributed by atoms with van der Waals surface area (Å²) in [5.74, 6) is -1.46. The zero-order valence-corrected chi connectivity index (χ0v) is 10.2. The molecule has 2 aromatic rings. The second kappa shape index (κ2) is 5.78. The van der Waals surface area contributed by atoms with E-state index in [0.717, 1.165) is 4.68 Å². The van der Waals surface area contributed by atoms with E-state index >= 15 is 0 Å². The molecule has 0 aliphatic carbocycles. The van der Waals surface area contributed by atoms with E-state index in [2.05, 4.69) is 20.6 Å². The molecular formula is C11H11N5O4. The lowest BCUT2D eigenvalue weighted by Crippen LogP contribution is -2.24. The molecule has 2 rings (SSSR count). The predicted molar refractivity (Wildman–Crippen MR) is 65.9 cm³/mol. The lowest BCUT2D eigenvalue weighted by atomic mass is 10.2. The Kier molecular flexibility index (Phi) is 3.89. The summed E-state index contributed by atoms with van der Waals surface area (Å²) in [7, 11) is 0. The van der Waals surface area contributed by atoms with Crippen LogP contribution < -0.4 is 10.9 Å². The molecule has 0 bridgehead atoms. The van der Waals surface area contributed by atoms with Gasteiger partial charge in [0.2, 0.25) is 5.56 Å². The first-order chi connectivity index (χ1) is 9.54. The number of rotatable bonds is 5. The van der Waals surface area contributed by atoms with Crippen LogP contribution in [0.2, 0.25) is 0 Å². The van der Waals surface area contributed by atoms with Gasteiger partial charge >= 0.3 is 5.97 Å². The lowest BCUT2D eigenvalue weighted by molar-refractivity contribution is -0.137. The van der Waals surface area contributed by atoms with Crippen molar-refractivity contribution in [3.63, 3.8) is 0 Å². The SMILES string of the molecule is O=C(O)Cn1cc(CNC(=O)c2cc[nH]c(=O)c2)nn1. The van der Waals surface area contributed by atoms with Crippen LogP contribution in [0, 0.1) is 0 Å². The fraction of sp³-hybridized carbons (Fsp3) is 0.182. The summed E-state index contributed by atoms with van der Waals surface area (Å²) >= 11 is 0. The summed E-state index contributed by atoms with van der Waals surface area (Å²) in [4.78, 5) is 35.7. The van der Waals surface area contributed by atoms with Crippen LogP contribution in [0.25, 0.3) is 0 Å². The van der Waals surface area contributed by atoms with Crippen molar-refractivity contribution in [3.8, 4) is 0 Å². The second-order valence-electron chi connectivity index (χ2n) is 3.93. The predicted octanol–water partition coefficient (Wildman–Crippen LogP) is -1.02. The van der Waals surface area contributed by atoms with E-state index < -0.39 is 11.9 Å². The van der Waals surface area contributed by atoms with E-state index in [-0.39, 0.29) is 24.2 Å². The Morgan fingerprint density at radius 2 is 2.25 bits per heavy atom. The summed E-state index contributed by atoms with van der Waals surface area (Å²) in [6.45, 7) is -0.208. The quantitative estimate of drug-likeness (QED) is 0.641. The van der Waals surface area contributed by atoms with Crippen molar-refractivity contribution in [2.45, 2.75) is 13.1 Å². The normalized spacial score (nSPS) is 10.2. The molecule has 0 aromatic carbocycles. The Hall–Kier alpha value is -2.97. The van der Waals surface area contributed by atoms with Crippen LogP contribution in [-0.2, 0) is 17.9 Å². The van der Waals surface area contributed by atoms with E-state index in [9.17, 15) is 14.4 Å². The fourth-order valence-electron chi connectivity index (χ4n) is 1.49. The van der Waals surface area contributed by atoms with E-state index in [1.54, 1.807) is 0 Å². The topological polar surface area (TPSA) is 130 Å². The molecule has 0 aliphatic heterocycles. The van der Waals surface area contributed by atoms with Gasteiger partial charge in [0.05, 0.1) is 12.7 Å². The molecule has 0 saturated carbocycles. The van der Waals surface area contributed by atoms with Gasteiger partial charge in [0.15, 0.2) is 0 Å². The van der Waals surface area contributed by atoms with Crippen molar-refractivity contribution in [2.75, 3.05) is 0 Å². The molecule has 0 spiro atoms. The maximum absolute atomic E-state index is 11.7. The van der Waals surface area contributed by atoms with Crippen molar-refractivity contribution in [1.29, 1.82) is 0 Å². The minimum atomic E-state index is -1.03. The number of carboxylic acid groups (broad SMARTS) is 1. The zero-order valence-electron chi connectivity index (χ0n) is 10.2. The van der Waals surface area contributed by atoms with Crippen LogP contribution in [0.4, 0.5) is 0 Å². The number of aromatic nitrogens is 4. The summed E-state index contributed by atoms with van der Waals surface area (Å²) in [6.07, 6.45) is 2.80. The standard InChI is InChI=1S/C11H11N5O4/c17-9-3-7(1-2-12-9)11(20)13-4-8-5-16(15-14-8)6-10(18)19/h1-3,5H,4,6H2,(H,12,17)(H,13,20)(H,18,19). The lowest BCUT2D eigenvalue weighted by Gasteiger charge is -2.01. The highest BCUT2D eigenvalue weighted by Crippen LogP contribution is 1.96. The van der Waals surface area contributed by atoms with Crippen molar-refractivity contribution in [1.82, 2.24) is 25.3 Å². The summed E-state index contributed by atoms with van der Waals surface area (Å²) in [6, 6.07) is 2.65. The largest absolute Gasteiger partial charge is 0.480 e. The van der Waals surface area contributed by atoms with Gasteiger partial charge in [0.25, 0.3) is 5.91 Å². The van der Waals surface area contributed by atoms with Gasteiger partial charge < -0.3 is 15.4 Å². The first-order valence-electron chi connectivity index (χ1n) is 5.62. The van der Waals surface area contributed by atoms with Crippen molar-refractivity contribution < 1.29 is 14.7 Å². The fourth-order valence-corrected chi connectivity index (χ4v) is 1.49. The minimum absolute atomic E-state index is 0.0885. The molecule has 0 atom stereocenters. The smallest absolute Gasteiger partial charge is 0.325 e. The highest BCUT2D eigenvalue weighted by molar-refractivity contribution is 5.93. The summed E-state index contributed by atoms with van der Waals surface area (Å²) < 4.78 is 1.15. The van der Waals surface area contributed by atoms with Gasteiger partial charge in [-0.25, -0.2) is 4.68 Å². The Balaban J connectivity index is 1.95. The maximum Gasteiger partial charge on any atom is 0.325 e. The van der Waals surface area contributed by atoms with Crippen molar-refractivity contribution in [2.24, 2.45) is 0 Å². The average molecular weight is 277 g/mol. The number of carbonyl (C=O) groups is 2. The third-order valence-corrected chi connectivity index (χ3v) is 2.35. The monoisotopic (exact) mass is 277 g/mol. The van der Waals surface area contributed by atoms with Crippen LogP contribution in [0.5, 0.6) is 0 Å². The van der Waals surface area contributed by atoms with Crippen LogP contribution in [0.15, 0.2) is 29.3 Å². The maximum atomic E-state index is 11.7. The summed E-state index contributed by atoms with van der Waals surface area (Å²) in [5.41, 5.74) is 0.279. The molecule has 0 fully saturated rings. The molecule has 20 heavy (non-hydrogen) atoms. The first-order valence-corrected chi connectivity index (χ1v) is 5.62. The van der Waals surface area contributed by atoms with Gasteiger partial charge in [0.1, 0.15) is 12.2 Å². The van der Waals surface area contributed by atoms with E-state index in [0.29, 0.717) is 5.69 Å². The van der Waals surface area contributed by atoms with Gasteiger partial charge in [-0.05, 0) is 6.07 Å². The van der Waals surface area contributed by atoms with Gasteiger partial charge in [-0.15, -0.1) is 5.10 Å². The van der Waals surface area contributed by atoms with E-state index in [1.165, 1.54) is 24.5 Å². The van der Waals surface area contributed by atoms with Crippen molar-refractivity contribution >= 4 is 11.9 Å². The number of aliphatic carboxylic acids is 1. The van der Waals surface area contributed by atoms with E-state index in [1.807, 2.05) is 0 Å². The Labute approximate surface area is 112 Å². The Bertz CT molecular complexity index is 690. The number of amides is 1. The Morgan fingerprint density at radius 1 is 1.45 bits per heavy atom. The number of H-pyrrole nitrogens is 1. The third kappa shape index (κ3) is 3.51. The molecule has 0 radical (unpaired) electrons. The Morgan fingerprint density at radius 3 is 2.95 bits per heavy atom. The van der Waals surface area contributed by atoms with Crippen LogP contribution >= 0.6 is 0 Å². The van der Waals surface area contributed by atoms with Gasteiger partial charge in [-0.1, -0.05) is 5.21 Å². The molecule has 9 nitrogen and oxygen atoms in total. The van der Waals surface area contributed by atoms with Gasteiger partial charge in [-0.3, -0.25) is 14.4 Å². The highest BCUT2D eigenvalue weighted by atomic mass is 16.4. The molecule has 0 saturated heterocycles. The molecule has 0 aliphatic rings. The van der Waals surface area contributed by atoms with E-state index in [4.69, 9.17) is 5.11 Å². The number of nitrogens with one attached hydrogen (secondary N) is 2. The highest BCUT2D eigenvalue weighted by Gasteiger charge is 2.08. The molecule has 0 unspecified atom stereocenters.